The summed E-state index contributed by atoms with van der Waals surface area (Å²) >= 11 is 0. The number of benzene rings is 10. The van der Waals surface area contributed by atoms with E-state index in [1.54, 1.807) is 0 Å². The minimum Gasteiger partial charge on any atom is -0.310 e. The third-order valence-corrected chi connectivity index (χ3v) is 10.4. The number of hydrogen-bond acceptors (Lipinski definition) is 1. The van der Waals surface area contributed by atoms with E-state index >= 15 is 0 Å². The quantitative estimate of drug-likeness (QED) is 0.168. The second-order valence-electron chi connectivity index (χ2n) is 13.3. The van der Waals surface area contributed by atoms with Gasteiger partial charge in [0.2, 0.25) is 0 Å². The highest BCUT2D eigenvalue weighted by Gasteiger charge is 2.19. The lowest BCUT2D eigenvalue weighted by Crippen LogP contribution is -2.11. The van der Waals surface area contributed by atoms with Gasteiger partial charge in [-0.1, -0.05) is 164 Å². The fourth-order valence-electron chi connectivity index (χ4n) is 7.99. The summed E-state index contributed by atoms with van der Waals surface area (Å²) in [4.78, 5) is 2.42. The molecule has 0 aliphatic heterocycles. The van der Waals surface area contributed by atoms with Crippen LogP contribution in [-0.4, -0.2) is 0 Å². The second-order valence-corrected chi connectivity index (χ2v) is 13.3. The predicted molar refractivity (Wildman–Crippen MR) is 220 cm³/mol. The van der Waals surface area contributed by atoms with Gasteiger partial charge in [0, 0.05) is 16.9 Å². The van der Waals surface area contributed by atoms with E-state index in [2.05, 4.69) is 205 Å². The second kappa shape index (κ2) is 12.0. The van der Waals surface area contributed by atoms with E-state index in [1.165, 1.54) is 76.1 Å². The molecule has 0 bridgehead atoms. The Hall–Kier alpha value is -6.70. The zero-order valence-electron chi connectivity index (χ0n) is 28.0. The summed E-state index contributed by atoms with van der Waals surface area (Å²) < 4.78 is 0. The Labute approximate surface area is 297 Å². The SMILES string of the molecule is c1ccc(-c2ccccc2N(c2ccc(-c3cc4ccccc4c4ccccc34)cc2)c2ccc3ccc4c5ccccc5ccc4c3c2)cc1. The van der Waals surface area contributed by atoms with Crippen molar-refractivity contribution in [3.05, 3.63) is 200 Å². The molecule has 0 spiro atoms. The number of para-hydroxylation sites is 1. The Kier molecular flexibility index (Phi) is 6.89. The molecule has 0 N–H and O–H groups in total. The largest absolute Gasteiger partial charge is 0.310 e. The molecule has 0 saturated carbocycles. The summed E-state index contributed by atoms with van der Waals surface area (Å²) in [5.74, 6) is 0. The van der Waals surface area contributed by atoms with Crippen molar-refractivity contribution in [1.82, 2.24) is 0 Å². The minimum absolute atomic E-state index is 1.11. The summed E-state index contributed by atoms with van der Waals surface area (Å²) in [6.07, 6.45) is 0. The van der Waals surface area contributed by atoms with E-state index in [0.717, 1.165) is 17.1 Å². The first kappa shape index (κ1) is 29.2. The Bertz CT molecular complexity index is 2900. The molecule has 1 heteroatoms. The van der Waals surface area contributed by atoms with Crippen LogP contribution in [0.5, 0.6) is 0 Å². The van der Waals surface area contributed by atoms with Crippen LogP contribution in [-0.2, 0) is 0 Å². The highest BCUT2D eigenvalue weighted by molar-refractivity contribution is 6.18. The van der Waals surface area contributed by atoms with E-state index in [-0.39, 0.29) is 0 Å². The van der Waals surface area contributed by atoms with Crippen molar-refractivity contribution in [2.75, 3.05) is 4.90 Å². The van der Waals surface area contributed by atoms with Crippen LogP contribution in [0.3, 0.4) is 0 Å². The zero-order chi connectivity index (χ0) is 33.7. The van der Waals surface area contributed by atoms with E-state index in [1.807, 2.05) is 0 Å². The topological polar surface area (TPSA) is 3.24 Å². The molecule has 0 atom stereocenters. The van der Waals surface area contributed by atoms with Gasteiger partial charge in [0.15, 0.2) is 0 Å². The number of hydrogen-bond donors (Lipinski definition) is 0. The predicted octanol–water partition coefficient (Wildman–Crippen LogP) is 14.3. The highest BCUT2D eigenvalue weighted by Crippen LogP contribution is 2.44. The lowest BCUT2D eigenvalue weighted by Gasteiger charge is -2.28. The molecular weight excluding hydrogens is 615 g/mol. The number of rotatable bonds is 5. The molecule has 0 saturated heterocycles. The molecule has 238 valence electrons. The molecule has 10 aromatic rings. The molecule has 10 rings (SSSR count). The third kappa shape index (κ3) is 4.94. The smallest absolute Gasteiger partial charge is 0.0540 e. The van der Waals surface area contributed by atoms with E-state index < -0.39 is 0 Å². The van der Waals surface area contributed by atoms with E-state index in [0.29, 0.717) is 0 Å². The molecule has 0 aliphatic rings. The summed E-state index contributed by atoms with van der Waals surface area (Å²) in [7, 11) is 0. The van der Waals surface area contributed by atoms with Crippen LogP contribution in [0.25, 0.3) is 76.1 Å². The van der Waals surface area contributed by atoms with Crippen LogP contribution in [0.4, 0.5) is 17.1 Å². The van der Waals surface area contributed by atoms with Crippen molar-refractivity contribution >= 4 is 70.9 Å². The lowest BCUT2D eigenvalue weighted by molar-refractivity contribution is 1.29. The molecule has 0 aliphatic carbocycles. The van der Waals surface area contributed by atoms with Crippen LogP contribution < -0.4 is 4.90 Å². The average Bonchev–Trinajstić information content (AvgIpc) is 3.21. The van der Waals surface area contributed by atoms with Gasteiger partial charge in [-0.05, 0) is 107 Å². The van der Waals surface area contributed by atoms with Gasteiger partial charge < -0.3 is 4.90 Å². The molecule has 0 radical (unpaired) electrons. The van der Waals surface area contributed by atoms with E-state index in [4.69, 9.17) is 0 Å². The number of anilines is 3. The molecule has 10 aromatic carbocycles. The van der Waals surface area contributed by atoms with Crippen molar-refractivity contribution in [3.63, 3.8) is 0 Å². The molecule has 0 heterocycles. The Balaban J connectivity index is 1.18. The van der Waals surface area contributed by atoms with Gasteiger partial charge in [-0.25, -0.2) is 0 Å². The maximum atomic E-state index is 2.42. The maximum Gasteiger partial charge on any atom is 0.0540 e. The number of fused-ring (bicyclic) bond motifs is 8. The summed E-state index contributed by atoms with van der Waals surface area (Å²) in [5.41, 5.74) is 8.19. The first-order valence-corrected chi connectivity index (χ1v) is 17.6. The maximum absolute atomic E-state index is 2.42. The van der Waals surface area contributed by atoms with Crippen LogP contribution >= 0.6 is 0 Å². The van der Waals surface area contributed by atoms with Gasteiger partial charge >= 0.3 is 0 Å². The Morgan fingerprint density at radius 1 is 0.255 bits per heavy atom. The fourth-order valence-corrected chi connectivity index (χ4v) is 7.99. The van der Waals surface area contributed by atoms with Crippen molar-refractivity contribution < 1.29 is 0 Å². The van der Waals surface area contributed by atoms with Crippen LogP contribution in [0, 0.1) is 0 Å². The van der Waals surface area contributed by atoms with Gasteiger partial charge in [0.25, 0.3) is 0 Å². The zero-order valence-corrected chi connectivity index (χ0v) is 28.0. The van der Waals surface area contributed by atoms with Crippen LogP contribution in [0.15, 0.2) is 200 Å². The van der Waals surface area contributed by atoms with Crippen molar-refractivity contribution in [3.8, 4) is 22.3 Å². The van der Waals surface area contributed by atoms with Crippen LogP contribution in [0.2, 0.25) is 0 Å². The summed E-state index contributed by atoms with van der Waals surface area (Å²) in [6, 6.07) is 73.1. The molecule has 51 heavy (non-hydrogen) atoms. The Morgan fingerprint density at radius 3 is 1.55 bits per heavy atom. The third-order valence-electron chi connectivity index (χ3n) is 10.4. The molecule has 0 aromatic heterocycles. The van der Waals surface area contributed by atoms with E-state index in [9.17, 15) is 0 Å². The van der Waals surface area contributed by atoms with Crippen molar-refractivity contribution in [2.45, 2.75) is 0 Å². The monoisotopic (exact) mass is 647 g/mol. The number of nitrogens with zero attached hydrogens (tertiary/aromatic N) is 1. The van der Waals surface area contributed by atoms with Crippen molar-refractivity contribution in [2.24, 2.45) is 0 Å². The van der Waals surface area contributed by atoms with Gasteiger partial charge in [0.1, 0.15) is 0 Å². The summed E-state index contributed by atoms with van der Waals surface area (Å²) in [6.45, 7) is 0. The van der Waals surface area contributed by atoms with Crippen LogP contribution in [0.1, 0.15) is 0 Å². The molecule has 0 unspecified atom stereocenters. The molecule has 1 nitrogen and oxygen atoms in total. The Morgan fingerprint density at radius 2 is 0.765 bits per heavy atom. The first-order valence-electron chi connectivity index (χ1n) is 17.6. The van der Waals surface area contributed by atoms with Gasteiger partial charge in [-0.15, -0.1) is 0 Å². The minimum atomic E-state index is 1.11. The molecule has 0 amide bonds. The van der Waals surface area contributed by atoms with Gasteiger partial charge in [-0.3, -0.25) is 0 Å². The van der Waals surface area contributed by atoms with Crippen molar-refractivity contribution in [1.29, 1.82) is 0 Å². The molecule has 0 fully saturated rings. The first-order chi connectivity index (χ1) is 25.3. The normalized spacial score (nSPS) is 11.5. The highest BCUT2D eigenvalue weighted by atomic mass is 15.1. The standard InChI is InChI=1S/C50H33N/c1-2-12-34(13-3-1)43-18-10-11-21-50(43)51(40-29-24-37-26-30-46-41-16-6-4-14-35(41)25-31-47(46)49(37)33-40)39-27-22-36(23-28-39)48-32-38-15-5-7-17-42(38)44-19-8-9-20-45(44)48/h1-33H. The fraction of sp³-hybridized carbons (Fsp3) is 0. The van der Waals surface area contributed by atoms with Gasteiger partial charge in [-0.2, -0.15) is 0 Å². The lowest BCUT2D eigenvalue weighted by atomic mass is 9.93. The van der Waals surface area contributed by atoms with Gasteiger partial charge in [0.05, 0.1) is 5.69 Å². The summed E-state index contributed by atoms with van der Waals surface area (Å²) in [5, 5.41) is 12.7. The molecular formula is C50H33N. The average molecular weight is 648 g/mol.